The molecule has 2 aromatic heterocycles. The van der Waals surface area contributed by atoms with Crippen molar-refractivity contribution in [3.8, 4) is 28.6 Å². The third-order valence-electron chi connectivity index (χ3n) is 5.35. The Morgan fingerprint density at radius 1 is 1.13 bits per heavy atom. The van der Waals surface area contributed by atoms with E-state index >= 15 is 0 Å². The number of nitrogens with two attached hydrogens (primary N) is 1. The molecule has 2 N–H and O–H groups in total. The van der Waals surface area contributed by atoms with Gasteiger partial charge in [-0.2, -0.15) is 4.98 Å². The summed E-state index contributed by atoms with van der Waals surface area (Å²) in [4.78, 5) is 20.8. The molecule has 3 heterocycles. The number of hydrogen-bond donors (Lipinski definition) is 1. The van der Waals surface area contributed by atoms with E-state index in [1.807, 2.05) is 13.8 Å². The molecule has 0 amide bonds. The van der Waals surface area contributed by atoms with Gasteiger partial charge in [0.15, 0.2) is 5.78 Å². The van der Waals surface area contributed by atoms with E-state index in [4.69, 9.17) is 14.4 Å². The summed E-state index contributed by atoms with van der Waals surface area (Å²) in [6.45, 7) is 4.02. The third-order valence-corrected chi connectivity index (χ3v) is 6.23. The van der Waals surface area contributed by atoms with E-state index in [-0.39, 0.29) is 22.4 Å². The maximum Gasteiger partial charge on any atom is 0.258 e. The lowest BCUT2D eigenvalue weighted by atomic mass is 9.85. The Labute approximate surface area is 173 Å². The van der Waals surface area contributed by atoms with Gasteiger partial charge in [-0.1, -0.05) is 19.0 Å². The van der Waals surface area contributed by atoms with Crippen molar-refractivity contribution in [1.82, 2.24) is 15.1 Å². The second-order valence-electron chi connectivity index (χ2n) is 7.18. The number of benzene rings is 1. The molecule has 0 saturated carbocycles. The summed E-state index contributed by atoms with van der Waals surface area (Å²) in [5, 5.41) is 9.03. The number of fused-ring (bicyclic) bond motifs is 1. The fraction of sp³-hybridized carbons (Fsp3) is 0.300. The SMILES string of the molecule is CCC1(CC)CC(=O)c2cc(-c3nc(-c4cncc(S(N)(=O)=O)c4)no3)ccc2O1. The number of hydrogen-bond acceptors (Lipinski definition) is 8. The molecule has 0 saturated heterocycles. The summed E-state index contributed by atoms with van der Waals surface area (Å²) < 4.78 is 34.5. The van der Waals surface area contributed by atoms with Crippen molar-refractivity contribution < 1.29 is 22.5 Å². The molecule has 0 fully saturated rings. The molecule has 0 bridgehead atoms. The lowest BCUT2D eigenvalue weighted by molar-refractivity contribution is 0.0350. The zero-order valence-electron chi connectivity index (χ0n) is 16.5. The number of pyridine rings is 1. The number of ether oxygens (including phenoxy) is 1. The summed E-state index contributed by atoms with van der Waals surface area (Å²) in [7, 11) is -3.91. The molecule has 4 rings (SSSR count). The fourth-order valence-electron chi connectivity index (χ4n) is 3.43. The maximum absolute atomic E-state index is 12.7. The number of sulfonamides is 1. The van der Waals surface area contributed by atoms with Crippen molar-refractivity contribution in [2.24, 2.45) is 5.14 Å². The van der Waals surface area contributed by atoms with Crippen LogP contribution in [0, 0.1) is 0 Å². The Morgan fingerprint density at radius 3 is 2.60 bits per heavy atom. The van der Waals surface area contributed by atoms with Crippen molar-refractivity contribution in [3.63, 3.8) is 0 Å². The standard InChI is InChI=1S/C20H20N4O5S/c1-3-20(4-2)9-16(25)15-8-12(5-6-17(15)28-20)19-23-18(24-29-19)13-7-14(11-22-10-13)30(21,26)27/h5-8,10-11H,3-4,9H2,1-2H3,(H2,21,26,27). The van der Waals surface area contributed by atoms with Gasteiger partial charge < -0.3 is 9.26 Å². The maximum atomic E-state index is 12.7. The first-order valence-electron chi connectivity index (χ1n) is 9.43. The molecule has 9 nitrogen and oxygen atoms in total. The zero-order valence-corrected chi connectivity index (χ0v) is 17.3. The summed E-state index contributed by atoms with van der Waals surface area (Å²) in [5.41, 5.74) is 0.901. The molecule has 0 unspecified atom stereocenters. The Hall–Kier alpha value is -3.11. The lowest BCUT2D eigenvalue weighted by Gasteiger charge is -2.36. The van der Waals surface area contributed by atoms with Crippen LogP contribution in [0.1, 0.15) is 43.5 Å². The van der Waals surface area contributed by atoms with Crippen LogP contribution < -0.4 is 9.88 Å². The number of carbonyl (C=O) groups is 1. The molecule has 0 atom stereocenters. The largest absolute Gasteiger partial charge is 0.486 e. The second kappa shape index (κ2) is 7.29. The van der Waals surface area contributed by atoms with Gasteiger partial charge in [-0.3, -0.25) is 9.78 Å². The minimum absolute atomic E-state index is 0.00610. The third kappa shape index (κ3) is 3.59. The number of nitrogens with zero attached hydrogens (tertiary/aromatic N) is 3. The number of rotatable bonds is 5. The summed E-state index contributed by atoms with van der Waals surface area (Å²) in [5.74, 6) is 0.888. The topological polar surface area (TPSA) is 138 Å². The molecule has 1 aromatic carbocycles. The predicted molar refractivity (Wildman–Crippen MR) is 107 cm³/mol. The number of Topliss-reactive ketones (excluding diaryl/α,β-unsaturated/α-hetero) is 1. The molecule has 10 heteroatoms. The van der Waals surface area contributed by atoms with Crippen LogP contribution in [0.25, 0.3) is 22.8 Å². The Morgan fingerprint density at radius 2 is 1.90 bits per heavy atom. The number of aromatic nitrogens is 3. The highest BCUT2D eigenvalue weighted by Crippen LogP contribution is 2.39. The summed E-state index contributed by atoms with van der Waals surface area (Å²) in [6.07, 6.45) is 4.35. The molecule has 0 spiro atoms. The first kappa shape index (κ1) is 20.2. The minimum atomic E-state index is -3.91. The Balaban J connectivity index is 1.67. The van der Waals surface area contributed by atoms with Gasteiger partial charge in [-0.15, -0.1) is 0 Å². The molecule has 0 radical (unpaired) electrons. The van der Waals surface area contributed by atoms with Gasteiger partial charge >= 0.3 is 0 Å². The fourth-order valence-corrected chi connectivity index (χ4v) is 3.93. The van der Waals surface area contributed by atoms with E-state index in [0.29, 0.717) is 28.9 Å². The number of primary sulfonamides is 1. The molecule has 1 aliphatic rings. The molecule has 156 valence electrons. The van der Waals surface area contributed by atoms with Crippen LogP contribution in [0.2, 0.25) is 0 Å². The van der Waals surface area contributed by atoms with E-state index in [9.17, 15) is 13.2 Å². The average molecular weight is 428 g/mol. The van der Waals surface area contributed by atoms with Crippen LogP contribution in [0.3, 0.4) is 0 Å². The molecule has 30 heavy (non-hydrogen) atoms. The second-order valence-corrected chi connectivity index (χ2v) is 8.74. The minimum Gasteiger partial charge on any atom is -0.486 e. The van der Waals surface area contributed by atoms with E-state index in [1.54, 1.807) is 18.2 Å². The van der Waals surface area contributed by atoms with Gasteiger partial charge in [0.25, 0.3) is 5.89 Å². The van der Waals surface area contributed by atoms with Crippen LogP contribution in [0.4, 0.5) is 0 Å². The molecule has 1 aliphatic heterocycles. The van der Waals surface area contributed by atoms with Crippen LogP contribution >= 0.6 is 0 Å². The van der Waals surface area contributed by atoms with Gasteiger partial charge in [0.05, 0.1) is 12.0 Å². The van der Waals surface area contributed by atoms with Crippen molar-refractivity contribution >= 4 is 15.8 Å². The van der Waals surface area contributed by atoms with Crippen molar-refractivity contribution in [2.45, 2.75) is 43.6 Å². The van der Waals surface area contributed by atoms with Crippen LogP contribution in [0.15, 0.2) is 46.1 Å². The highest BCUT2D eigenvalue weighted by atomic mass is 32.2. The van der Waals surface area contributed by atoms with Crippen LogP contribution in [-0.2, 0) is 10.0 Å². The normalized spacial score (nSPS) is 15.5. The molecular formula is C20H20N4O5S. The Bertz CT molecular complexity index is 1230. The van der Waals surface area contributed by atoms with E-state index in [1.165, 1.54) is 12.3 Å². The number of carbonyl (C=O) groups excluding carboxylic acids is 1. The van der Waals surface area contributed by atoms with E-state index < -0.39 is 15.6 Å². The lowest BCUT2D eigenvalue weighted by Crippen LogP contribution is -2.40. The smallest absolute Gasteiger partial charge is 0.258 e. The zero-order chi connectivity index (χ0) is 21.5. The first-order chi connectivity index (χ1) is 14.2. The summed E-state index contributed by atoms with van der Waals surface area (Å²) in [6, 6.07) is 6.46. The van der Waals surface area contributed by atoms with Crippen molar-refractivity contribution in [3.05, 3.63) is 42.2 Å². The van der Waals surface area contributed by atoms with Crippen LogP contribution in [-0.4, -0.2) is 34.9 Å². The molecular weight excluding hydrogens is 408 g/mol. The molecule has 3 aromatic rings. The van der Waals surface area contributed by atoms with Crippen molar-refractivity contribution in [2.75, 3.05) is 0 Å². The average Bonchev–Trinajstić information content (AvgIpc) is 3.23. The van der Waals surface area contributed by atoms with Crippen LogP contribution in [0.5, 0.6) is 5.75 Å². The monoisotopic (exact) mass is 428 g/mol. The summed E-state index contributed by atoms with van der Waals surface area (Å²) >= 11 is 0. The highest BCUT2D eigenvalue weighted by Gasteiger charge is 2.37. The predicted octanol–water partition coefficient (Wildman–Crippen LogP) is 2.97. The molecule has 0 aliphatic carbocycles. The number of ketones is 1. The first-order valence-corrected chi connectivity index (χ1v) is 11.0. The Kier molecular flexibility index (Phi) is 4.91. The van der Waals surface area contributed by atoms with Crippen molar-refractivity contribution in [1.29, 1.82) is 0 Å². The van der Waals surface area contributed by atoms with Gasteiger partial charge in [-0.25, -0.2) is 13.6 Å². The highest BCUT2D eigenvalue weighted by molar-refractivity contribution is 7.89. The van der Waals surface area contributed by atoms with Gasteiger partial charge in [0.1, 0.15) is 16.2 Å². The van der Waals surface area contributed by atoms with Gasteiger partial charge in [0.2, 0.25) is 15.8 Å². The van der Waals surface area contributed by atoms with Gasteiger partial charge in [-0.05, 0) is 37.1 Å². The van der Waals surface area contributed by atoms with Gasteiger partial charge in [0, 0.05) is 23.5 Å². The van der Waals surface area contributed by atoms with E-state index in [0.717, 1.165) is 19.0 Å². The quantitative estimate of drug-likeness (QED) is 0.654. The van der Waals surface area contributed by atoms with E-state index in [2.05, 4.69) is 15.1 Å².